The molecule has 0 aliphatic heterocycles. The van der Waals surface area contributed by atoms with Gasteiger partial charge in [0.1, 0.15) is 0 Å². The number of benzene rings is 2. The van der Waals surface area contributed by atoms with Gasteiger partial charge in [0, 0.05) is 53.2 Å². The zero-order valence-electron chi connectivity index (χ0n) is 15.5. The largest absolute Gasteiger partial charge is 0.361 e. The number of hydrogen-bond donors (Lipinski definition) is 2. The number of nitrogens with zero attached hydrogens (tertiary/aromatic N) is 1. The van der Waals surface area contributed by atoms with Crippen molar-refractivity contribution in [1.82, 2.24) is 14.9 Å². The highest BCUT2D eigenvalue weighted by Crippen LogP contribution is 2.50. The Morgan fingerprint density at radius 3 is 2.33 bits per heavy atom. The number of aromatic amines is 2. The second-order valence-corrected chi connectivity index (χ2v) is 7.81. The summed E-state index contributed by atoms with van der Waals surface area (Å²) in [6, 6.07) is 16.6. The molecule has 0 saturated heterocycles. The van der Waals surface area contributed by atoms with E-state index in [1.807, 2.05) is 36.3 Å². The average molecular weight is 357 g/mol. The van der Waals surface area contributed by atoms with Gasteiger partial charge in [0.25, 0.3) is 0 Å². The van der Waals surface area contributed by atoms with Crippen LogP contribution in [0.15, 0.2) is 60.9 Å². The number of amides is 1. The van der Waals surface area contributed by atoms with Gasteiger partial charge in [-0.2, -0.15) is 0 Å². The number of carbonyl (C=O) groups is 1. The fourth-order valence-corrected chi connectivity index (χ4v) is 4.29. The molecular formula is C23H23N3O. The average Bonchev–Trinajstić information content (AvgIpc) is 3.15. The first-order valence-electron chi connectivity index (χ1n) is 9.52. The monoisotopic (exact) mass is 357 g/mol. The quantitative estimate of drug-likeness (QED) is 0.547. The van der Waals surface area contributed by atoms with E-state index in [2.05, 4.69) is 46.5 Å². The summed E-state index contributed by atoms with van der Waals surface area (Å²) in [5.74, 6) is 0.172. The Morgan fingerprint density at radius 1 is 0.963 bits per heavy atom. The Hall–Kier alpha value is -3.01. The minimum atomic E-state index is 0.101. The molecule has 1 aliphatic carbocycles. The normalized spacial score (nSPS) is 15.3. The summed E-state index contributed by atoms with van der Waals surface area (Å²) in [5.41, 5.74) is 4.78. The maximum Gasteiger partial charge on any atom is 0.226 e. The van der Waals surface area contributed by atoms with Crippen LogP contribution in [0.2, 0.25) is 0 Å². The van der Waals surface area contributed by atoms with Crippen LogP contribution in [0, 0.1) is 0 Å². The number of rotatable bonds is 5. The van der Waals surface area contributed by atoms with E-state index in [9.17, 15) is 4.79 Å². The van der Waals surface area contributed by atoms with Gasteiger partial charge in [0.15, 0.2) is 0 Å². The number of para-hydroxylation sites is 2. The molecule has 1 saturated carbocycles. The topological polar surface area (TPSA) is 51.9 Å². The van der Waals surface area contributed by atoms with Crippen molar-refractivity contribution in [3.63, 3.8) is 0 Å². The molecule has 136 valence electrons. The molecule has 2 heterocycles. The van der Waals surface area contributed by atoms with Crippen molar-refractivity contribution in [2.75, 3.05) is 13.6 Å². The molecule has 1 aliphatic rings. The Bertz CT molecular complexity index is 1130. The molecule has 1 fully saturated rings. The molecule has 0 spiro atoms. The molecule has 0 atom stereocenters. The van der Waals surface area contributed by atoms with Crippen molar-refractivity contribution in [3.05, 3.63) is 72.1 Å². The van der Waals surface area contributed by atoms with E-state index in [0.717, 1.165) is 35.9 Å². The molecule has 1 amide bonds. The zero-order valence-corrected chi connectivity index (χ0v) is 15.5. The standard InChI is InChI=1S/C23H23N3O/c1-26(22(27)12-16-13-24-20-8-4-2-6-17(16)20)15-23(10-11-23)19-14-25-21-9-5-3-7-18(19)21/h2-9,13-14,24-25H,10-12,15H2,1H3. The molecule has 2 aromatic heterocycles. The summed E-state index contributed by atoms with van der Waals surface area (Å²) >= 11 is 0. The number of fused-ring (bicyclic) bond motifs is 2. The van der Waals surface area contributed by atoms with Crippen molar-refractivity contribution < 1.29 is 4.79 Å². The van der Waals surface area contributed by atoms with Crippen LogP contribution in [0.1, 0.15) is 24.0 Å². The van der Waals surface area contributed by atoms with Gasteiger partial charge in [-0.25, -0.2) is 0 Å². The Kier molecular flexibility index (Phi) is 3.61. The molecule has 0 unspecified atom stereocenters. The first kappa shape index (κ1) is 16.2. The number of hydrogen-bond acceptors (Lipinski definition) is 1. The van der Waals surface area contributed by atoms with E-state index in [1.165, 1.54) is 16.5 Å². The van der Waals surface area contributed by atoms with Crippen LogP contribution in [0.3, 0.4) is 0 Å². The highest BCUT2D eigenvalue weighted by molar-refractivity contribution is 5.89. The van der Waals surface area contributed by atoms with Crippen LogP contribution < -0.4 is 0 Å². The van der Waals surface area contributed by atoms with E-state index in [-0.39, 0.29) is 11.3 Å². The van der Waals surface area contributed by atoms with Gasteiger partial charge in [0.05, 0.1) is 6.42 Å². The van der Waals surface area contributed by atoms with Gasteiger partial charge in [-0.15, -0.1) is 0 Å². The third-order valence-corrected chi connectivity index (χ3v) is 6.00. The summed E-state index contributed by atoms with van der Waals surface area (Å²) in [6.07, 6.45) is 6.81. The highest BCUT2D eigenvalue weighted by atomic mass is 16.2. The second-order valence-electron chi connectivity index (χ2n) is 7.81. The highest BCUT2D eigenvalue weighted by Gasteiger charge is 2.47. The predicted octanol–water partition coefficient (Wildman–Crippen LogP) is 4.38. The van der Waals surface area contributed by atoms with Gasteiger partial charge in [-0.05, 0) is 36.1 Å². The van der Waals surface area contributed by atoms with Crippen LogP contribution in [-0.2, 0) is 16.6 Å². The third-order valence-electron chi connectivity index (χ3n) is 6.00. The van der Waals surface area contributed by atoms with E-state index in [0.29, 0.717) is 6.42 Å². The van der Waals surface area contributed by atoms with Crippen LogP contribution >= 0.6 is 0 Å². The van der Waals surface area contributed by atoms with Crippen molar-refractivity contribution in [2.24, 2.45) is 0 Å². The molecule has 0 bridgehead atoms. The molecule has 4 aromatic rings. The molecule has 2 aromatic carbocycles. The summed E-state index contributed by atoms with van der Waals surface area (Å²) in [4.78, 5) is 21.5. The van der Waals surface area contributed by atoms with Crippen LogP contribution in [0.4, 0.5) is 0 Å². The van der Waals surface area contributed by atoms with Gasteiger partial charge in [-0.1, -0.05) is 36.4 Å². The lowest BCUT2D eigenvalue weighted by Crippen LogP contribution is -2.35. The van der Waals surface area contributed by atoms with Crippen LogP contribution in [-0.4, -0.2) is 34.4 Å². The lowest BCUT2D eigenvalue weighted by atomic mass is 9.94. The van der Waals surface area contributed by atoms with Crippen molar-refractivity contribution >= 4 is 27.7 Å². The number of nitrogens with one attached hydrogen (secondary N) is 2. The van der Waals surface area contributed by atoms with E-state index in [1.54, 1.807) is 0 Å². The molecule has 4 nitrogen and oxygen atoms in total. The molecule has 27 heavy (non-hydrogen) atoms. The molecule has 5 rings (SSSR count). The van der Waals surface area contributed by atoms with Gasteiger partial charge >= 0.3 is 0 Å². The maximum absolute atomic E-state index is 12.9. The summed E-state index contributed by atoms with van der Waals surface area (Å²) in [5, 5.41) is 2.42. The molecular weight excluding hydrogens is 334 g/mol. The second kappa shape index (κ2) is 6.02. The fraction of sp³-hybridized carbons (Fsp3) is 0.261. The van der Waals surface area contributed by atoms with E-state index >= 15 is 0 Å². The number of carbonyl (C=O) groups excluding carboxylic acids is 1. The zero-order chi connectivity index (χ0) is 18.4. The Labute approximate surface area is 158 Å². The fourth-order valence-electron chi connectivity index (χ4n) is 4.29. The van der Waals surface area contributed by atoms with Crippen molar-refractivity contribution in [1.29, 1.82) is 0 Å². The van der Waals surface area contributed by atoms with Crippen LogP contribution in [0.5, 0.6) is 0 Å². The van der Waals surface area contributed by atoms with E-state index in [4.69, 9.17) is 0 Å². The Morgan fingerprint density at radius 2 is 1.59 bits per heavy atom. The summed E-state index contributed by atoms with van der Waals surface area (Å²) in [6.45, 7) is 0.774. The molecule has 0 radical (unpaired) electrons. The molecule has 4 heteroatoms. The van der Waals surface area contributed by atoms with Crippen molar-refractivity contribution in [3.8, 4) is 0 Å². The summed E-state index contributed by atoms with van der Waals surface area (Å²) in [7, 11) is 1.94. The summed E-state index contributed by atoms with van der Waals surface area (Å²) < 4.78 is 0. The SMILES string of the molecule is CN(CC1(c2c[nH]c3ccccc23)CC1)C(=O)Cc1c[nH]c2ccccc12. The van der Waals surface area contributed by atoms with Crippen LogP contribution in [0.25, 0.3) is 21.8 Å². The van der Waals surface area contributed by atoms with E-state index < -0.39 is 0 Å². The first-order chi connectivity index (χ1) is 13.2. The minimum Gasteiger partial charge on any atom is -0.361 e. The number of H-pyrrole nitrogens is 2. The predicted molar refractivity (Wildman–Crippen MR) is 109 cm³/mol. The number of likely N-dealkylation sites (N-methyl/N-ethyl adjacent to an activating group) is 1. The lowest BCUT2D eigenvalue weighted by molar-refractivity contribution is -0.129. The Balaban J connectivity index is 1.35. The molecule has 2 N–H and O–H groups in total. The maximum atomic E-state index is 12.9. The smallest absolute Gasteiger partial charge is 0.226 e. The third kappa shape index (κ3) is 2.72. The first-order valence-corrected chi connectivity index (χ1v) is 9.52. The van der Waals surface area contributed by atoms with Crippen molar-refractivity contribution in [2.45, 2.75) is 24.7 Å². The van der Waals surface area contributed by atoms with Gasteiger partial charge < -0.3 is 14.9 Å². The van der Waals surface area contributed by atoms with Gasteiger partial charge in [0.2, 0.25) is 5.91 Å². The van der Waals surface area contributed by atoms with Gasteiger partial charge in [-0.3, -0.25) is 4.79 Å². The number of aromatic nitrogens is 2. The lowest BCUT2D eigenvalue weighted by Gasteiger charge is -2.24. The minimum absolute atomic E-state index is 0.101.